The normalized spacial score (nSPS) is 19.6. The highest BCUT2D eigenvalue weighted by Gasteiger charge is 2.21. The molecule has 1 aromatic carbocycles. The van der Waals surface area contributed by atoms with Crippen molar-refractivity contribution in [2.45, 2.75) is 19.4 Å². The van der Waals surface area contributed by atoms with Crippen LogP contribution >= 0.6 is 15.9 Å². The number of hydrogen-bond acceptors (Lipinski definition) is 2. The number of rotatable bonds is 3. The molecular formula is C13H15BrFNO2. The lowest BCUT2D eigenvalue weighted by Crippen LogP contribution is -2.35. The van der Waals surface area contributed by atoms with E-state index in [2.05, 4.69) is 21.2 Å². The number of amides is 1. The van der Waals surface area contributed by atoms with Crippen LogP contribution < -0.4 is 5.32 Å². The second-order valence-electron chi connectivity index (χ2n) is 4.37. The van der Waals surface area contributed by atoms with Crippen molar-refractivity contribution in [2.75, 3.05) is 13.2 Å². The molecule has 2 rings (SSSR count). The molecule has 0 saturated carbocycles. The van der Waals surface area contributed by atoms with Crippen molar-refractivity contribution in [3.63, 3.8) is 0 Å². The van der Waals surface area contributed by atoms with E-state index < -0.39 is 0 Å². The lowest BCUT2D eigenvalue weighted by molar-refractivity contribution is -0.129. The Labute approximate surface area is 114 Å². The zero-order valence-corrected chi connectivity index (χ0v) is 11.5. The van der Waals surface area contributed by atoms with Crippen molar-refractivity contribution >= 4 is 21.8 Å². The summed E-state index contributed by atoms with van der Waals surface area (Å²) in [6.07, 6.45) is 1.75. The van der Waals surface area contributed by atoms with Gasteiger partial charge in [-0.05, 0) is 31.0 Å². The van der Waals surface area contributed by atoms with Crippen molar-refractivity contribution in [3.8, 4) is 0 Å². The zero-order chi connectivity index (χ0) is 13.0. The summed E-state index contributed by atoms with van der Waals surface area (Å²) in [6, 6.07) is 4.69. The van der Waals surface area contributed by atoms with Gasteiger partial charge in [-0.2, -0.15) is 0 Å². The maximum atomic E-state index is 13.5. The second kappa shape index (κ2) is 6.29. The number of benzene rings is 1. The Morgan fingerprint density at radius 1 is 1.56 bits per heavy atom. The fourth-order valence-electron chi connectivity index (χ4n) is 1.95. The Hall–Kier alpha value is -0.940. The molecule has 1 saturated heterocycles. The van der Waals surface area contributed by atoms with Gasteiger partial charge < -0.3 is 10.1 Å². The van der Waals surface area contributed by atoms with E-state index in [0.29, 0.717) is 12.2 Å². The third-order valence-electron chi connectivity index (χ3n) is 2.99. The Kier molecular flexibility index (Phi) is 4.72. The average Bonchev–Trinajstić information content (AvgIpc) is 2.40. The maximum absolute atomic E-state index is 13.5. The van der Waals surface area contributed by atoms with Gasteiger partial charge in [-0.25, -0.2) is 4.39 Å². The summed E-state index contributed by atoms with van der Waals surface area (Å²) in [5.74, 6) is -0.471. The average molecular weight is 316 g/mol. The van der Waals surface area contributed by atoms with Crippen LogP contribution in [0.5, 0.6) is 0 Å². The second-order valence-corrected chi connectivity index (χ2v) is 5.28. The highest BCUT2D eigenvalue weighted by atomic mass is 79.9. The number of ether oxygens (including phenoxy) is 1. The molecule has 1 heterocycles. The SMILES string of the molecule is O=C(NCc1cc(Br)ccc1F)C1CCCOC1. The van der Waals surface area contributed by atoms with Gasteiger partial charge in [0.05, 0.1) is 12.5 Å². The standard InChI is InChI=1S/C13H15BrFNO2/c14-11-3-4-12(15)10(6-11)7-16-13(17)9-2-1-5-18-8-9/h3-4,6,9H,1-2,5,7-8H2,(H,16,17). The van der Waals surface area contributed by atoms with E-state index in [9.17, 15) is 9.18 Å². The van der Waals surface area contributed by atoms with Crippen molar-refractivity contribution in [2.24, 2.45) is 5.92 Å². The van der Waals surface area contributed by atoms with Gasteiger partial charge in [0.1, 0.15) is 5.82 Å². The molecule has 1 N–H and O–H groups in total. The molecule has 5 heteroatoms. The quantitative estimate of drug-likeness (QED) is 0.931. The third-order valence-corrected chi connectivity index (χ3v) is 3.49. The lowest BCUT2D eigenvalue weighted by Gasteiger charge is -2.21. The largest absolute Gasteiger partial charge is 0.381 e. The highest BCUT2D eigenvalue weighted by Crippen LogP contribution is 2.17. The smallest absolute Gasteiger partial charge is 0.225 e. The van der Waals surface area contributed by atoms with Crippen LogP contribution in [0, 0.1) is 11.7 Å². The molecule has 1 atom stereocenters. The summed E-state index contributed by atoms with van der Waals surface area (Å²) in [6.45, 7) is 1.40. The van der Waals surface area contributed by atoms with Crippen molar-refractivity contribution in [1.82, 2.24) is 5.32 Å². The Morgan fingerprint density at radius 2 is 2.39 bits per heavy atom. The topological polar surface area (TPSA) is 38.3 Å². The van der Waals surface area contributed by atoms with E-state index in [1.165, 1.54) is 6.07 Å². The van der Waals surface area contributed by atoms with E-state index >= 15 is 0 Å². The van der Waals surface area contributed by atoms with Crippen molar-refractivity contribution in [3.05, 3.63) is 34.1 Å². The van der Waals surface area contributed by atoms with E-state index in [4.69, 9.17) is 4.74 Å². The summed E-state index contributed by atoms with van der Waals surface area (Å²) in [5.41, 5.74) is 0.481. The molecule has 0 spiro atoms. The Morgan fingerprint density at radius 3 is 3.11 bits per heavy atom. The minimum atomic E-state index is -0.307. The fourth-order valence-corrected chi connectivity index (χ4v) is 2.36. The fraction of sp³-hybridized carbons (Fsp3) is 0.462. The molecule has 1 fully saturated rings. The highest BCUT2D eigenvalue weighted by molar-refractivity contribution is 9.10. The van der Waals surface area contributed by atoms with Crippen molar-refractivity contribution < 1.29 is 13.9 Å². The van der Waals surface area contributed by atoms with Gasteiger partial charge in [-0.3, -0.25) is 4.79 Å². The van der Waals surface area contributed by atoms with Gasteiger partial charge in [-0.15, -0.1) is 0 Å². The zero-order valence-electron chi connectivity index (χ0n) is 9.92. The van der Waals surface area contributed by atoms with Crippen LogP contribution in [-0.4, -0.2) is 19.1 Å². The van der Waals surface area contributed by atoms with Gasteiger partial charge in [-0.1, -0.05) is 15.9 Å². The van der Waals surface area contributed by atoms with E-state index in [0.717, 1.165) is 23.9 Å². The molecule has 18 heavy (non-hydrogen) atoms. The van der Waals surface area contributed by atoms with Crippen LogP contribution in [0.4, 0.5) is 4.39 Å². The van der Waals surface area contributed by atoms with Crippen LogP contribution in [-0.2, 0) is 16.1 Å². The molecule has 0 aromatic heterocycles. The molecule has 1 amide bonds. The number of carbonyl (C=O) groups excluding carboxylic acids is 1. The number of halogens is 2. The Balaban J connectivity index is 1.90. The first kappa shape index (κ1) is 13.5. The summed E-state index contributed by atoms with van der Waals surface area (Å²) in [4.78, 5) is 11.8. The predicted molar refractivity (Wildman–Crippen MR) is 69.5 cm³/mol. The molecule has 3 nitrogen and oxygen atoms in total. The van der Waals surface area contributed by atoms with Gasteiger partial charge in [0, 0.05) is 23.2 Å². The van der Waals surface area contributed by atoms with E-state index in [1.54, 1.807) is 12.1 Å². The molecule has 1 aliphatic rings. The summed E-state index contributed by atoms with van der Waals surface area (Å²) in [7, 11) is 0. The van der Waals surface area contributed by atoms with Gasteiger partial charge in [0.2, 0.25) is 5.91 Å². The van der Waals surface area contributed by atoms with Crippen LogP contribution in [0.2, 0.25) is 0 Å². The monoisotopic (exact) mass is 315 g/mol. The first-order valence-electron chi connectivity index (χ1n) is 5.96. The summed E-state index contributed by atoms with van der Waals surface area (Å²) >= 11 is 3.28. The maximum Gasteiger partial charge on any atom is 0.225 e. The number of carbonyl (C=O) groups is 1. The lowest BCUT2D eigenvalue weighted by atomic mass is 10.0. The minimum Gasteiger partial charge on any atom is -0.381 e. The Bertz CT molecular complexity index is 433. The van der Waals surface area contributed by atoms with E-state index in [1.807, 2.05) is 0 Å². The van der Waals surface area contributed by atoms with Crippen LogP contribution in [0.15, 0.2) is 22.7 Å². The molecule has 1 aliphatic heterocycles. The molecule has 0 bridgehead atoms. The van der Waals surface area contributed by atoms with Crippen LogP contribution in [0.3, 0.4) is 0 Å². The van der Waals surface area contributed by atoms with Gasteiger partial charge in [0.15, 0.2) is 0 Å². The number of nitrogens with one attached hydrogen (secondary N) is 1. The number of hydrogen-bond donors (Lipinski definition) is 1. The van der Waals surface area contributed by atoms with Crippen LogP contribution in [0.25, 0.3) is 0 Å². The molecule has 0 aliphatic carbocycles. The van der Waals surface area contributed by atoms with Gasteiger partial charge >= 0.3 is 0 Å². The molecule has 1 aromatic rings. The molecule has 0 radical (unpaired) electrons. The minimum absolute atomic E-state index is 0.0610. The molecule has 98 valence electrons. The summed E-state index contributed by atoms with van der Waals surface area (Å²) < 4.78 is 19.5. The molecular weight excluding hydrogens is 301 g/mol. The van der Waals surface area contributed by atoms with Crippen LogP contribution in [0.1, 0.15) is 18.4 Å². The van der Waals surface area contributed by atoms with Crippen molar-refractivity contribution in [1.29, 1.82) is 0 Å². The predicted octanol–water partition coefficient (Wildman–Crippen LogP) is 2.63. The van der Waals surface area contributed by atoms with Gasteiger partial charge in [0.25, 0.3) is 0 Å². The molecule has 1 unspecified atom stereocenters. The summed E-state index contributed by atoms with van der Waals surface area (Å²) in [5, 5.41) is 2.76. The first-order chi connectivity index (χ1) is 8.66. The first-order valence-corrected chi connectivity index (χ1v) is 6.75. The van der Waals surface area contributed by atoms with E-state index in [-0.39, 0.29) is 24.2 Å². The third kappa shape index (κ3) is 3.53.